The highest BCUT2D eigenvalue weighted by molar-refractivity contribution is 7.15. The van der Waals surface area contributed by atoms with Gasteiger partial charge in [-0.05, 0) is 24.3 Å². The van der Waals surface area contributed by atoms with E-state index in [0.29, 0.717) is 5.69 Å². The zero-order valence-electron chi connectivity index (χ0n) is 22.3. The number of pyridine rings is 2. The van der Waals surface area contributed by atoms with Crippen LogP contribution in [0.3, 0.4) is 0 Å². The number of thiophene rings is 2. The summed E-state index contributed by atoms with van der Waals surface area (Å²) < 4.78 is 26.5. The van der Waals surface area contributed by atoms with Crippen molar-refractivity contribution >= 4 is 92.3 Å². The molecule has 0 aliphatic rings. The van der Waals surface area contributed by atoms with Gasteiger partial charge in [0.15, 0.2) is 0 Å². The average Bonchev–Trinajstić information content (AvgIpc) is 3.57. The number of carboxylic acids is 1. The first-order valence-electron chi connectivity index (χ1n) is 11.9. The molecule has 0 aliphatic carbocycles. The molecule has 0 fully saturated rings. The van der Waals surface area contributed by atoms with E-state index in [0.717, 1.165) is 31.8 Å². The molecule has 4 aromatic heterocycles. The number of alkyl halides is 2. The Balaban J connectivity index is 0.000000259. The van der Waals surface area contributed by atoms with Crippen LogP contribution in [0.4, 0.5) is 20.2 Å². The van der Waals surface area contributed by atoms with Crippen molar-refractivity contribution in [1.29, 1.82) is 10.5 Å². The maximum absolute atomic E-state index is 12.4. The lowest BCUT2D eigenvalue weighted by atomic mass is 10.3. The second-order valence-corrected chi connectivity index (χ2v) is 11.9. The van der Waals surface area contributed by atoms with E-state index in [-0.39, 0.29) is 58.4 Å². The molecule has 236 valence electrons. The minimum absolute atomic E-state index is 0.0103. The van der Waals surface area contributed by atoms with Crippen molar-refractivity contribution in [1.82, 2.24) is 9.13 Å². The molecule has 4 N–H and O–H groups in total. The molecule has 0 unspecified atom stereocenters. The average molecular weight is 738 g/mol. The van der Waals surface area contributed by atoms with E-state index >= 15 is 0 Å². The van der Waals surface area contributed by atoms with E-state index in [4.69, 9.17) is 67.8 Å². The van der Waals surface area contributed by atoms with Crippen LogP contribution in [-0.4, -0.2) is 39.5 Å². The van der Waals surface area contributed by atoms with Crippen LogP contribution in [-0.2, 0) is 13.1 Å². The molecule has 0 saturated carbocycles. The fraction of sp³-hybridized carbons (Fsp3) is 0.154. The third-order valence-corrected chi connectivity index (χ3v) is 8.45. The van der Waals surface area contributed by atoms with Crippen LogP contribution < -0.4 is 22.2 Å². The summed E-state index contributed by atoms with van der Waals surface area (Å²) in [7, 11) is 0. The fourth-order valence-corrected chi connectivity index (χ4v) is 5.66. The van der Waals surface area contributed by atoms with Crippen LogP contribution in [0.15, 0.2) is 46.2 Å². The third kappa shape index (κ3) is 10.6. The van der Waals surface area contributed by atoms with Gasteiger partial charge in [-0.25, -0.2) is 13.6 Å². The smallest absolute Gasteiger partial charge is 0.345 e. The monoisotopic (exact) mass is 736 g/mol. The molecule has 19 heteroatoms. The summed E-state index contributed by atoms with van der Waals surface area (Å²) in [4.78, 5) is 46.0. The maximum Gasteiger partial charge on any atom is 0.345 e. The van der Waals surface area contributed by atoms with Crippen LogP contribution in [0.5, 0.6) is 0 Å². The number of hydrogen-bond acceptors (Lipinski definition) is 9. The van der Waals surface area contributed by atoms with Gasteiger partial charge in [-0.15, -0.1) is 22.7 Å². The normalized spacial score (nSPS) is 9.96. The number of aromatic carboxylic acids is 1. The first-order valence-corrected chi connectivity index (χ1v) is 15.0. The zero-order valence-corrected chi connectivity index (χ0v) is 27.0. The number of nitriles is 2. The first-order chi connectivity index (χ1) is 21.3. The van der Waals surface area contributed by atoms with Gasteiger partial charge in [-0.3, -0.25) is 14.4 Å². The van der Waals surface area contributed by atoms with E-state index in [2.05, 4.69) is 5.32 Å². The summed E-state index contributed by atoms with van der Waals surface area (Å²) in [5, 5.41) is 28.5. The SMILES string of the molecule is N#Cc1sc(C(=O)Nc2cc(Cl)c(=O)n(CCF)c2)cc1Cl.N#Cc1sc(C(=O)O)cc1Cl.Nc1cc(Cl)c(=O)n(CCF)c1. The number of amides is 1. The summed E-state index contributed by atoms with van der Waals surface area (Å²) in [6.45, 7) is -1.52. The number of hydrogen-bond donors (Lipinski definition) is 3. The van der Waals surface area contributed by atoms with Gasteiger partial charge in [0, 0.05) is 18.1 Å². The van der Waals surface area contributed by atoms with Crippen molar-refractivity contribution in [3.8, 4) is 12.1 Å². The lowest BCUT2D eigenvalue weighted by Gasteiger charge is -2.08. The number of aryl methyl sites for hydroxylation is 2. The van der Waals surface area contributed by atoms with Gasteiger partial charge in [0.25, 0.3) is 17.0 Å². The molecule has 45 heavy (non-hydrogen) atoms. The third-order valence-electron chi connectivity index (χ3n) is 5.03. The van der Waals surface area contributed by atoms with Gasteiger partial charge >= 0.3 is 5.97 Å². The molecule has 0 aliphatic heterocycles. The number of aromatic nitrogens is 2. The van der Waals surface area contributed by atoms with Gasteiger partial charge in [-0.1, -0.05) is 46.4 Å². The van der Waals surface area contributed by atoms with Crippen LogP contribution in [0.2, 0.25) is 20.1 Å². The van der Waals surface area contributed by atoms with Crippen LogP contribution in [0.25, 0.3) is 0 Å². The number of rotatable bonds is 7. The second kappa shape index (κ2) is 17.5. The van der Waals surface area contributed by atoms with E-state index in [9.17, 15) is 28.0 Å². The van der Waals surface area contributed by atoms with Gasteiger partial charge in [0.05, 0.1) is 33.7 Å². The molecule has 4 heterocycles. The summed E-state index contributed by atoms with van der Waals surface area (Å²) in [6, 6.07) is 8.93. The summed E-state index contributed by atoms with van der Waals surface area (Å²) in [6.07, 6.45) is 2.67. The molecular formula is C26H18Cl4F2N6O5S2. The van der Waals surface area contributed by atoms with Gasteiger partial charge < -0.3 is 25.3 Å². The molecule has 11 nitrogen and oxygen atoms in total. The Hall–Kier alpha value is -3.96. The van der Waals surface area contributed by atoms with Crippen molar-refractivity contribution in [2.45, 2.75) is 13.1 Å². The Kier molecular flexibility index (Phi) is 14.5. The second-order valence-electron chi connectivity index (χ2n) is 8.13. The van der Waals surface area contributed by atoms with Gasteiger partial charge in [0.1, 0.15) is 50.2 Å². The summed E-state index contributed by atoms with van der Waals surface area (Å²) >= 11 is 24.4. The Morgan fingerprint density at radius 1 is 0.822 bits per heavy atom. The van der Waals surface area contributed by atoms with E-state index < -0.39 is 36.3 Å². The highest BCUT2D eigenvalue weighted by Gasteiger charge is 2.15. The minimum atomic E-state index is -1.06. The minimum Gasteiger partial charge on any atom is -0.477 e. The summed E-state index contributed by atoms with van der Waals surface area (Å²) in [5.74, 6) is -1.56. The maximum atomic E-state index is 12.4. The number of nitrogens with two attached hydrogens (primary N) is 1. The topological polar surface area (TPSA) is 184 Å². The Labute approximate surface area is 280 Å². The molecule has 0 radical (unpaired) electrons. The predicted octanol–water partition coefficient (Wildman–Crippen LogP) is 6.33. The molecule has 4 rings (SSSR count). The van der Waals surface area contributed by atoms with Gasteiger partial charge in [0.2, 0.25) is 0 Å². The molecule has 4 aromatic rings. The fourth-order valence-electron chi connectivity index (χ4n) is 3.10. The van der Waals surface area contributed by atoms with Crippen molar-refractivity contribution in [3.63, 3.8) is 0 Å². The van der Waals surface area contributed by atoms with Crippen molar-refractivity contribution < 1.29 is 23.5 Å². The van der Waals surface area contributed by atoms with Crippen LogP contribution in [0, 0.1) is 22.7 Å². The predicted molar refractivity (Wildman–Crippen MR) is 171 cm³/mol. The highest BCUT2D eigenvalue weighted by atomic mass is 35.5. The van der Waals surface area contributed by atoms with Crippen molar-refractivity contribution in [2.75, 3.05) is 24.4 Å². The number of carboxylic acid groups (broad SMARTS) is 1. The number of nitrogens with zero attached hydrogens (tertiary/aromatic N) is 4. The Morgan fingerprint density at radius 3 is 1.73 bits per heavy atom. The largest absolute Gasteiger partial charge is 0.477 e. The number of nitrogen functional groups attached to an aromatic ring is 1. The highest BCUT2D eigenvalue weighted by Crippen LogP contribution is 2.27. The van der Waals surface area contributed by atoms with Crippen LogP contribution in [0.1, 0.15) is 29.1 Å². The first kappa shape index (κ1) is 37.2. The molecule has 0 spiro atoms. The zero-order chi connectivity index (χ0) is 33.8. The van der Waals surface area contributed by atoms with E-state index in [1.807, 2.05) is 6.07 Å². The lowest BCUT2D eigenvalue weighted by Crippen LogP contribution is -2.22. The summed E-state index contributed by atoms with van der Waals surface area (Å²) in [5.41, 5.74) is 5.04. The molecule has 0 bridgehead atoms. The molecule has 0 aromatic carbocycles. The molecule has 0 saturated heterocycles. The van der Waals surface area contributed by atoms with Crippen molar-refractivity contribution in [3.05, 3.63) is 97.0 Å². The molecule has 0 atom stereocenters. The number of anilines is 2. The van der Waals surface area contributed by atoms with E-state index in [1.165, 1.54) is 36.7 Å². The Morgan fingerprint density at radius 2 is 1.29 bits per heavy atom. The Bertz CT molecular complexity index is 1910. The molecule has 1 amide bonds. The van der Waals surface area contributed by atoms with Crippen LogP contribution >= 0.6 is 69.1 Å². The number of halogens is 6. The van der Waals surface area contributed by atoms with Gasteiger partial charge in [-0.2, -0.15) is 10.5 Å². The standard InChI is InChI=1S/C13H8Cl2FN3O2S.C7H8ClFN2O.C6H2ClNO2S/c14-8-4-10(22-11(8)5-17)12(20)18-7-3-9(15)13(21)19(6-7)2-1-16;8-6-3-5(10)4-11(2-1-9)7(6)12;7-3-1-4(6(9)10)11-5(3)2-8/h3-4,6H,1-2H2,(H,18,20);3-4H,1-2,10H2;1H,(H,9,10). The van der Waals surface area contributed by atoms with Crippen molar-refractivity contribution in [2.24, 2.45) is 0 Å². The number of carbonyl (C=O) groups is 2. The number of carbonyl (C=O) groups excluding carboxylic acids is 1. The molecular weight excluding hydrogens is 720 g/mol. The number of nitrogens with one attached hydrogen (secondary N) is 1. The lowest BCUT2D eigenvalue weighted by molar-refractivity contribution is 0.0702. The quantitative estimate of drug-likeness (QED) is 0.196. The van der Waals surface area contributed by atoms with E-state index in [1.54, 1.807) is 6.07 Å².